The van der Waals surface area contributed by atoms with Crippen molar-refractivity contribution in [3.63, 3.8) is 0 Å². The Balaban J connectivity index is 1.73. The molecule has 0 saturated heterocycles. The minimum atomic E-state index is -0.461. The Bertz CT molecular complexity index is 964. The predicted octanol–water partition coefficient (Wildman–Crippen LogP) is 3.89. The number of hydrogen-bond acceptors (Lipinski definition) is 4. The van der Waals surface area contributed by atoms with Crippen LogP contribution in [-0.4, -0.2) is 46.3 Å². The van der Waals surface area contributed by atoms with Crippen molar-refractivity contribution in [2.75, 3.05) is 13.1 Å². The fourth-order valence-electron chi connectivity index (χ4n) is 4.65. The fourth-order valence-corrected chi connectivity index (χ4v) is 5.33. The molecular weight excluding hydrogens is 394 g/mol. The minimum Gasteiger partial charge on any atom is -0.384 e. The molecule has 1 atom stereocenters. The van der Waals surface area contributed by atoms with E-state index in [1.807, 2.05) is 57.6 Å². The van der Waals surface area contributed by atoms with Crippen LogP contribution in [0.25, 0.3) is 0 Å². The highest BCUT2D eigenvalue weighted by Gasteiger charge is 2.50. The molecule has 0 bridgehead atoms. The number of nitrogens with zero attached hydrogens (tertiary/aromatic N) is 2. The van der Waals surface area contributed by atoms with Crippen LogP contribution in [0.2, 0.25) is 0 Å². The van der Waals surface area contributed by atoms with Gasteiger partial charge in [-0.25, -0.2) is 0 Å². The first kappa shape index (κ1) is 20.7. The number of carbonyl (C=O) groups is 2. The maximum Gasteiger partial charge on any atom is 0.264 e. The molecule has 1 unspecified atom stereocenters. The fraction of sp³-hybridized carbons (Fsp3) is 0.417. The zero-order valence-electron chi connectivity index (χ0n) is 18.0. The molecule has 0 aliphatic carbocycles. The largest absolute Gasteiger partial charge is 0.384 e. The summed E-state index contributed by atoms with van der Waals surface area (Å²) in [4.78, 5) is 31.6. The van der Waals surface area contributed by atoms with E-state index in [0.29, 0.717) is 19.6 Å². The standard InChI is InChI=1S/C24H29N3O2S/c1-16(2)20-19-21(25-12-13-26(20)22(28)18-11-8-14-30-18)24(3,4)27(23(19)29)15-17-9-6-5-7-10-17/h5-11,14,16,20,25H,12-13,15H2,1-4H3. The zero-order chi connectivity index (χ0) is 21.5. The van der Waals surface area contributed by atoms with Gasteiger partial charge in [0.25, 0.3) is 11.8 Å². The summed E-state index contributed by atoms with van der Waals surface area (Å²) in [6.07, 6.45) is 0. The quantitative estimate of drug-likeness (QED) is 0.812. The molecule has 0 fully saturated rings. The van der Waals surface area contributed by atoms with Gasteiger partial charge in [0, 0.05) is 25.3 Å². The second kappa shape index (κ2) is 7.91. The van der Waals surface area contributed by atoms with Crippen molar-refractivity contribution in [3.8, 4) is 0 Å². The van der Waals surface area contributed by atoms with Crippen molar-refractivity contribution in [1.82, 2.24) is 15.1 Å². The molecule has 3 heterocycles. The first-order valence-electron chi connectivity index (χ1n) is 10.5. The summed E-state index contributed by atoms with van der Waals surface area (Å²) in [5, 5.41) is 5.44. The molecule has 4 rings (SSSR count). The van der Waals surface area contributed by atoms with Crippen LogP contribution in [0.5, 0.6) is 0 Å². The molecule has 1 N–H and O–H groups in total. The summed E-state index contributed by atoms with van der Waals surface area (Å²) in [6.45, 7) is 10.1. The van der Waals surface area contributed by atoms with E-state index >= 15 is 0 Å². The molecule has 0 radical (unpaired) electrons. The molecular formula is C24H29N3O2S. The van der Waals surface area contributed by atoms with Crippen molar-refractivity contribution in [2.24, 2.45) is 5.92 Å². The van der Waals surface area contributed by atoms with Gasteiger partial charge in [0.1, 0.15) is 0 Å². The van der Waals surface area contributed by atoms with Crippen LogP contribution in [0, 0.1) is 5.92 Å². The number of nitrogens with one attached hydrogen (secondary N) is 1. The Labute approximate surface area is 182 Å². The number of rotatable bonds is 4. The van der Waals surface area contributed by atoms with Gasteiger partial charge in [-0.1, -0.05) is 50.2 Å². The van der Waals surface area contributed by atoms with Gasteiger partial charge in [-0.05, 0) is 36.8 Å². The number of thiophene rings is 1. The molecule has 0 spiro atoms. The summed E-state index contributed by atoms with van der Waals surface area (Å²) < 4.78 is 0. The molecule has 158 valence electrons. The van der Waals surface area contributed by atoms with Gasteiger partial charge in [0.05, 0.1) is 22.0 Å². The Morgan fingerprint density at radius 1 is 1.20 bits per heavy atom. The van der Waals surface area contributed by atoms with Crippen molar-refractivity contribution >= 4 is 23.2 Å². The van der Waals surface area contributed by atoms with Crippen molar-refractivity contribution < 1.29 is 9.59 Å². The molecule has 5 nitrogen and oxygen atoms in total. The maximum absolute atomic E-state index is 13.8. The number of carbonyl (C=O) groups excluding carboxylic acids is 2. The van der Waals surface area contributed by atoms with Crippen molar-refractivity contribution in [3.05, 3.63) is 69.6 Å². The van der Waals surface area contributed by atoms with Crippen LogP contribution in [0.1, 0.15) is 42.9 Å². The van der Waals surface area contributed by atoms with E-state index in [0.717, 1.165) is 21.7 Å². The van der Waals surface area contributed by atoms with E-state index in [1.54, 1.807) is 0 Å². The van der Waals surface area contributed by atoms with Crippen LogP contribution in [0.4, 0.5) is 0 Å². The van der Waals surface area contributed by atoms with Crippen LogP contribution < -0.4 is 5.32 Å². The molecule has 0 saturated carbocycles. The lowest BCUT2D eigenvalue weighted by atomic mass is 9.90. The first-order valence-corrected chi connectivity index (χ1v) is 11.4. The monoisotopic (exact) mass is 423 g/mol. The number of hydrogen-bond donors (Lipinski definition) is 1. The average Bonchev–Trinajstić information content (AvgIpc) is 3.24. The van der Waals surface area contributed by atoms with Gasteiger partial charge < -0.3 is 15.1 Å². The third-order valence-electron chi connectivity index (χ3n) is 6.13. The van der Waals surface area contributed by atoms with Gasteiger partial charge in [-0.3, -0.25) is 9.59 Å². The van der Waals surface area contributed by atoms with E-state index in [-0.39, 0.29) is 23.8 Å². The predicted molar refractivity (Wildman–Crippen MR) is 120 cm³/mol. The highest BCUT2D eigenvalue weighted by atomic mass is 32.1. The second-order valence-electron chi connectivity index (χ2n) is 8.82. The topological polar surface area (TPSA) is 52.7 Å². The van der Waals surface area contributed by atoms with Gasteiger partial charge >= 0.3 is 0 Å². The third kappa shape index (κ3) is 3.43. The third-order valence-corrected chi connectivity index (χ3v) is 6.98. The van der Waals surface area contributed by atoms with E-state index in [9.17, 15) is 9.59 Å². The summed E-state index contributed by atoms with van der Waals surface area (Å²) >= 11 is 1.45. The lowest BCUT2D eigenvalue weighted by Crippen LogP contribution is -2.50. The molecule has 1 aromatic heterocycles. The number of amides is 2. The molecule has 2 aromatic rings. The highest BCUT2D eigenvalue weighted by molar-refractivity contribution is 7.12. The van der Waals surface area contributed by atoms with E-state index in [4.69, 9.17) is 0 Å². The summed E-state index contributed by atoms with van der Waals surface area (Å²) in [5.41, 5.74) is 2.35. The summed E-state index contributed by atoms with van der Waals surface area (Å²) in [5.74, 6) is 0.150. The highest BCUT2D eigenvalue weighted by Crippen LogP contribution is 2.40. The lowest BCUT2D eigenvalue weighted by Gasteiger charge is -2.36. The molecule has 2 amide bonds. The Hall–Kier alpha value is -2.60. The average molecular weight is 424 g/mol. The molecule has 6 heteroatoms. The van der Waals surface area contributed by atoms with Gasteiger partial charge in [-0.2, -0.15) is 0 Å². The summed E-state index contributed by atoms with van der Waals surface area (Å²) in [6, 6.07) is 13.6. The van der Waals surface area contributed by atoms with E-state index in [1.165, 1.54) is 11.3 Å². The Morgan fingerprint density at radius 3 is 2.57 bits per heavy atom. The molecule has 2 aliphatic heterocycles. The van der Waals surface area contributed by atoms with Gasteiger partial charge in [0.2, 0.25) is 0 Å². The van der Waals surface area contributed by atoms with E-state index < -0.39 is 5.54 Å². The van der Waals surface area contributed by atoms with Crippen LogP contribution >= 0.6 is 11.3 Å². The van der Waals surface area contributed by atoms with Crippen LogP contribution in [0.15, 0.2) is 59.1 Å². The molecule has 2 aliphatic rings. The van der Waals surface area contributed by atoms with Gasteiger partial charge in [-0.15, -0.1) is 11.3 Å². The normalized spacial score (nSPS) is 21.0. The lowest BCUT2D eigenvalue weighted by molar-refractivity contribution is -0.130. The second-order valence-corrected chi connectivity index (χ2v) is 9.76. The van der Waals surface area contributed by atoms with Crippen LogP contribution in [0.3, 0.4) is 0 Å². The molecule has 1 aromatic carbocycles. The Kier molecular flexibility index (Phi) is 5.45. The zero-order valence-corrected chi connectivity index (χ0v) is 18.8. The van der Waals surface area contributed by atoms with Crippen molar-refractivity contribution in [1.29, 1.82) is 0 Å². The SMILES string of the molecule is CC(C)C1C2=C(NCCN1C(=O)c1cccs1)C(C)(C)N(Cc1ccccc1)C2=O. The van der Waals surface area contributed by atoms with Gasteiger partial charge in [0.15, 0.2) is 0 Å². The maximum atomic E-state index is 13.8. The van der Waals surface area contributed by atoms with Crippen molar-refractivity contribution in [2.45, 2.75) is 45.8 Å². The molecule has 30 heavy (non-hydrogen) atoms. The smallest absolute Gasteiger partial charge is 0.264 e. The first-order chi connectivity index (χ1) is 14.3. The Morgan fingerprint density at radius 2 is 1.93 bits per heavy atom. The van der Waals surface area contributed by atoms with E-state index in [2.05, 4.69) is 33.0 Å². The number of benzene rings is 1. The minimum absolute atomic E-state index is 0.00589. The van der Waals surface area contributed by atoms with Crippen LogP contribution in [-0.2, 0) is 11.3 Å². The summed E-state index contributed by atoms with van der Waals surface area (Å²) in [7, 11) is 0.